The van der Waals surface area contributed by atoms with Gasteiger partial charge >= 0.3 is 0 Å². The lowest BCUT2D eigenvalue weighted by Crippen LogP contribution is -2.41. The van der Waals surface area contributed by atoms with Gasteiger partial charge in [-0.1, -0.05) is 11.6 Å². The van der Waals surface area contributed by atoms with E-state index in [2.05, 4.69) is 16.0 Å². The molecule has 0 atom stereocenters. The van der Waals surface area contributed by atoms with Crippen molar-refractivity contribution in [1.82, 2.24) is 4.90 Å². The van der Waals surface area contributed by atoms with Gasteiger partial charge in [-0.2, -0.15) is 0 Å². The monoisotopic (exact) mass is 399 g/mol. The van der Waals surface area contributed by atoms with Crippen LogP contribution in [0.4, 0.5) is 0 Å². The van der Waals surface area contributed by atoms with Crippen LogP contribution >= 0.6 is 46.9 Å². The maximum atomic E-state index is 5.97. The molecule has 1 aliphatic heterocycles. The summed E-state index contributed by atoms with van der Waals surface area (Å²) < 4.78 is 0.841. The van der Waals surface area contributed by atoms with Crippen LogP contribution in [0, 0.1) is 0 Å². The van der Waals surface area contributed by atoms with Crippen molar-refractivity contribution in [2.24, 2.45) is 10.7 Å². The zero-order valence-corrected chi connectivity index (χ0v) is 14.2. The highest BCUT2D eigenvalue weighted by Gasteiger charge is 2.11. The number of hydrogen-bond acceptors (Lipinski definition) is 2. The third-order valence-corrected chi connectivity index (χ3v) is 4.23. The van der Waals surface area contributed by atoms with Crippen molar-refractivity contribution in [2.75, 3.05) is 19.6 Å². The summed E-state index contributed by atoms with van der Waals surface area (Å²) in [5.41, 5.74) is 5.97. The van der Waals surface area contributed by atoms with Gasteiger partial charge in [0.15, 0.2) is 5.96 Å². The van der Waals surface area contributed by atoms with Crippen LogP contribution in [0.5, 0.6) is 0 Å². The molecule has 3 nitrogen and oxygen atoms in total. The second-order valence-corrected chi connectivity index (χ2v) is 6.04. The van der Waals surface area contributed by atoms with E-state index in [4.69, 9.17) is 17.3 Å². The molecule has 1 aromatic rings. The minimum Gasteiger partial charge on any atom is -0.370 e. The summed E-state index contributed by atoms with van der Waals surface area (Å²) in [5, 5.41) is 0. The van der Waals surface area contributed by atoms with E-state index >= 15 is 0 Å². The Hall–Kier alpha value is -0.0100. The second kappa shape index (κ2) is 8.22. The van der Waals surface area contributed by atoms with E-state index in [1.165, 1.54) is 24.1 Å². The number of likely N-dealkylation sites (tertiary alicyclic amines) is 1. The van der Waals surface area contributed by atoms with Crippen LogP contribution in [-0.4, -0.2) is 30.5 Å². The Morgan fingerprint density at radius 2 is 2.06 bits per heavy atom. The average molecular weight is 400 g/mol. The van der Waals surface area contributed by atoms with Crippen LogP contribution in [0.15, 0.2) is 17.1 Å². The molecule has 18 heavy (non-hydrogen) atoms. The van der Waals surface area contributed by atoms with Crippen molar-refractivity contribution >= 4 is 52.9 Å². The number of rotatable bonds is 3. The molecule has 2 rings (SSSR count). The first-order chi connectivity index (χ1) is 8.25. The number of halogens is 2. The molecule has 0 aliphatic carbocycles. The lowest BCUT2D eigenvalue weighted by Gasteiger charge is -2.27. The van der Waals surface area contributed by atoms with Crippen molar-refractivity contribution in [3.05, 3.63) is 21.3 Å². The highest BCUT2D eigenvalue weighted by Crippen LogP contribution is 2.21. The van der Waals surface area contributed by atoms with Gasteiger partial charge in [-0.15, -0.1) is 35.3 Å². The Bertz CT molecular complexity index is 388. The van der Waals surface area contributed by atoms with Gasteiger partial charge in [-0.3, -0.25) is 4.99 Å². The molecular formula is C12H19ClIN3S. The van der Waals surface area contributed by atoms with E-state index in [0.29, 0.717) is 5.96 Å². The van der Waals surface area contributed by atoms with E-state index in [1.54, 1.807) is 11.3 Å². The Morgan fingerprint density at radius 3 is 2.67 bits per heavy atom. The van der Waals surface area contributed by atoms with Crippen molar-refractivity contribution < 1.29 is 0 Å². The third-order valence-electron chi connectivity index (χ3n) is 2.94. The molecule has 6 heteroatoms. The lowest BCUT2D eigenvalue weighted by molar-refractivity contribution is 0.338. The van der Waals surface area contributed by atoms with E-state index in [1.807, 2.05) is 6.07 Å². The fraction of sp³-hybridized carbons (Fsp3) is 0.583. The molecule has 2 heterocycles. The summed E-state index contributed by atoms with van der Waals surface area (Å²) in [5.74, 6) is 0.701. The van der Waals surface area contributed by atoms with Crippen LogP contribution in [0.1, 0.15) is 24.1 Å². The first kappa shape index (κ1) is 16.0. The average Bonchev–Trinajstić information content (AvgIpc) is 2.76. The summed E-state index contributed by atoms with van der Waals surface area (Å²) in [6.07, 6.45) is 4.71. The van der Waals surface area contributed by atoms with E-state index in [0.717, 1.165) is 30.4 Å². The molecule has 102 valence electrons. The SMILES string of the molecule is I.NC(=NCCc1ccc(Cl)s1)N1CCCCC1. The summed E-state index contributed by atoms with van der Waals surface area (Å²) >= 11 is 7.49. The Balaban J connectivity index is 0.00000162. The molecule has 1 aliphatic rings. The quantitative estimate of drug-likeness (QED) is 0.481. The van der Waals surface area contributed by atoms with E-state index in [-0.39, 0.29) is 24.0 Å². The normalized spacial score (nSPS) is 16.5. The highest BCUT2D eigenvalue weighted by atomic mass is 127. The van der Waals surface area contributed by atoms with Crippen LogP contribution in [0.2, 0.25) is 4.34 Å². The predicted octanol–water partition coefficient (Wildman–Crippen LogP) is 3.36. The van der Waals surface area contributed by atoms with Gasteiger partial charge in [0.1, 0.15) is 0 Å². The van der Waals surface area contributed by atoms with Gasteiger partial charge in [0.25, 0.3) is 0 Å². The number of aliphatic imine (C=N–C) groups is 1. The van der Waals surface area contributed by atoms with Gasteiger partial charge < -0.3 is 10.6 Å². The molecule has 0 spiro atoms. The first-order valence-corrected chi connectivity index (χ1v) is 7.24. The largest absolute Gasteiger partial charge is 0.370 e. The van der Waals surface area contributed by atoms with Crippen LogP contribution < -0.4 is 5.73 Å². The van der Waals surface area contributed by atoms with Gasteiger partial charge in [-0.05, 0) is 31.4 Å². The van der Waals surface area contributed by atoms with Gasteiger partial charge in [-0.25, -0.2) is 0 Å². The summed E-state index contributed by atoms with van der Waals surface area (Å²) in [7, 11) is 0. The third kappa shape index (κ3) is 4.93. The van der Waals surface area contributed by atoms with Crippen molar-refractivity contribution in [2.45, 2.75) is 25.7 Å². The van der Waals surface area contributed by atoms with E-state index < -0.39 is 0 Å². The molecule has 0 radical (unpaired) electrons. The van der Waals surface area contributed by atoms with Gasteiger partial charge in [0, 0.05) is 30.9 Å². The van der Waals surface area contributed by atoms with Crippen molar-refractivity contribution in [3.63, 3.8) is 0 Å². The van der Waals surface area contributed by atoms with Crippen molar-refractivity contribution in [1.29, 1.82) is 0 Å². The Labute approximate surface area is 134 Å². The Morgan fingerprint density at radius 1 is 1.33 bits per heavy atom. The minimum absolute atomic E-state index is 0. The first-order valence-electron chi connectivity index (χ1n) is 6.05. The molecule has 2 N–H and O–H groups in total. The summed E-state index contributed by atoms with van der Waals surface area (Å²) in [6, 6.07) is 3.98. The molecule has 0 saturated carbocycles. The number of piperidine rings is 1. The van der Waals surface area contributed by atoms with Crippen LogP contribution in [-0.2, 0) is 6.42 Å². The molecule has 0 unspecified atom stereocenters. The standard InChI is InChI=1S/C12H18ClN3S.HI/c13-11-5-4-10(17-11)6-7-15-12(14)16-8-2-1-3-9-16;/h4-5H,1-3,6-9H2,(H2,14,15);1H. The molecule has 1 saturated heterocycles. The lowest BCUT2D eigenvalue weighted by atomic mass is 10.1. The van der Waals surface area contributed by atoms with Crippen LogP contribution in [0.3, 0.4) is 0 Å². The number of nitrogens with zero attached hydrogens (tertiary/aromatic N) is 2. The Kier molecular flexibility index (Phi) is 7.33. The highest BCUT2D eigenvalue weighted by molar-refractivity contribution is 14.0. The summed E-state index contributed by atoms with van der Waals surface area (Å²) in [4.78, 5) is 7.89. The number of nitrogens with two attached hydrogens (primary N) is 1. The molecule has 0 bridgehead atoms. The molecule has 1 aromatic heterocycles. The number of guanidine groups is 1. The fourth-order valence-electron chi connectivity index (χ4n) is 1.99. The van der Waals surface area contributed by atoms with Gasteiger partial charge in [0.2, 0.25) is 0 Å². The minimum atomic E-state index is 0. The number of hydrogen-bond donors (Lipinski definition) is 1. The zero-order chi connectivity index (χ0) is 12.1. The summed E-state index contributed by atoms with van der Waals surface area (Å²) in [6.45, 7) is 2.86. The number of thiophene rings is 1. The fourth-order valence-corrected chi connectivity index (χ4v) is 3.07. The molecule has 0 amide bonds. The van der Waals surface area contributed by atoms with Crippen LogP contribution in [0.25, 0.3) is 0 Å². The molecular weight excluding hydrogens is 381 g/mol. The van der Waals surface area contributed by atoms with Crippen molar-refractivity contribution in [3.8, 4) is 0 Å². The molecule has 0 aromatic carbocycles. The van der Waals surface area contributed by atoms with Gasteiger partial charge in [0.05, 0.1) is 4.34 Å². The topological polar surface area (TPSA) is 41.6 Å². The second-order valence-electron chi connectivity index (χ2n) is 4.24. The smallest absolute Gasteiger partial charge is 0.191 e. The maximum absolute atomic E-state index is 5.97. The van der Waals surface area contributed by atoms with E-state index in [9.17, 15) is 0 Å². The zero-order valence-electron chi connectivity index (χ0n) is 10.3. The molecule has 1 fully saturated rings. The predicted molar refractivity (Wildman–Crippen MR) is 90.4 cm³/mol. The maximum Gasteiger partial charge on any atom is 0.191 e.